The zero-order valence-electron chi connectivity index (χ0n) is 12.5. The van der Waals surface area contributed by atoms with Crippen LogP contribution in [0.3, 0.4) is 0 Å². The first-order valence-corrected chi connectivity index (χ1v) is 8.01. The fourth-order valence-electron chi connectivity index (χ4n) is 1.90. The molecule has 0 bridgehead atoms. The number of hydrogen-bond donors (Lipinski definition) is 1. The molecule has 0 aliphatic carbocycles. The van der Waals surface area contributed by atoms with Crippen LogP contribution in [0.15, 0.2) is 41.3 Å². The zero-order valence-corrected chi connectivity index (χ0v) is 13.3. The van der Waals surface area contributed by atoms with Crippen LogP contribution in [0, 0.1) is 11.6 Å². The summed E-state index contributed by atoms with van der Waals surface area (Å²) in [5.41, 5.74) is 0.292. The number of nitrogens with one attached hydrogen (secondary N) is 1. The van der Waals surface area contributed by atoms with E-state index >= 15 is 0 Å². The highest BCUT2D eigenvalue weighted by molar-refractivity contribution is 7.89. The lowest BCUT2D eigenvalue weighted by atomic mass is 10.2. The molecule has 0 fully saturated rings. The van der Waals surface area contributed by atoms with Crippen molar-refractivity contribution in [2.45, 2.75) is 11.4 Å². The van der Waals surface area contributed by atoms with Crippen LogP contribution in [0.5, 0.6) is 11.5 Å². The van der Waals surface area contributed by atoms with E-state index in [1.807, 2.05) is 0 Å². The first-order chi connectivity index (χ1) is 10.9. The molecule has 2 aromatic carbocycles. The van der Waals surface area contributed by atoms with Crippen molar-refractivity contribution in [3.63, 3.8) is 0 Å². The van der Waals surface area contributed by atoms with Crippen molar-refractivity contribution in [2.75, 3.05) is 14.2 Å². The van der Waals surface area contributed by atoms with Gasteiger partial charge in [-0.05, 0) is 29.8 Å². The third-order valence-corrected chi connectivity index (χ3v) is 4.55. The number of ether oxygens (including phenoxy) is 2. The van der Waals surface area contributed by atoms with Crippen molar-refractivity contribution in [1.29, 1.82) is 0 Å². The van der Waals surface area contributed by atoms with Crippen molar-refractivity contribution in [3.8, 4) is 11.5 Å². The van der Waals surface area contributed by atoms with Crippen LogP contribution in [0.1, 0.15) is 5.56 Å². The highest BCUT2D eigenvalue weighted by Crippen LogP contribution is 2.28. The van der Waals surface area contributed by atoms with E-state index in [2.05, 4.69) is 4.72 Å². The molecule has 0 amide bonds. The van der Waals surface area contributed by atoms with Crippen LogP contribution < -0.4 is 14.2 Å². The van der Waals surface area contributed by atoms with Gasteiger partial charge in [0, 0.05) is 12.6 Å². The Morgan fingerprint density at radius 1 is 1.00 bits per heavy atom. The quantitative estimate of drug-likeness (QED) is 0.875. The molecule has 8 heteroatoms. The van der Waals surface area contributed by atoms with Gasteiger partial charge in [-0.2, -0.15) is 0 Å². The molecular formula is C15H15F2NO4S. The molecule has 0 heterocycles. The van der Waals surface area contributed by atoms with Crippen LogP contribution in [0.2, 0.25) is 0 Å². The number of hydrogen-bond acceptors (Lipinski definition) is 4. The molecule has 5 nitrogen and oxygen atoms in total. The van der Waals surface area contributed by atoms with E-state index in [-0.39, 0.29) is 17.2 Å². The molecule has 0 saturated carbocycles. The molecule has 0 spiro atoms. The average Bonchev–Trinajstić information content (AvgIpc) is 2.55. The van der Waals surface area contributed by atoms with E-state index in [0.717, 1.165) is 12.1 Å². The van der Waals surface area contributed by atoms with Gasteiger partial charge in [0.2, 0.25) is 10.0 Å². The van der Waals surface area contributed by atoms with Crippen molar-refractivity contribution in [3.05, 3.63) is 53.6 Å². The molecule has 0 aliphatic rings. The predicted molar refractivity (Wildman–Crippen MR) is 79.9 cm³/mol. The summed E-state index contributed by atoms with van der Waals surface area (Å²) >= 11 is 0. The molecule has 0 atom stereocenters. The second kappa shape index (κ2) is 6.93. The second-order valence-electron chi connectivity index (χ2n) is 4.59. The Hall–Kier alpha value is -2.19. The smallest absolute Gasteiger partial charge is 0.244 e. The minimum atomic E-state index is -3.90. The van der Waals surface area contributed by atoms with Crippen molar-refractivity contribution in [2.24, 2.45) is 0 Å². The highest BCUT2D eigenvalue weighted by Gasteiger charge is 2.20. The minimum absolute atomic E-state index is 0.0802. The Balaban J connectivity index is 2.23. The van der Waals surface area contributed by atoms with Crippen LogP contribution in [-0.2, 0) is 16.6 Å². The molecule has 124 valence electrons. The highest BCUT2D eigenvalue weighted by atomic mass is 32.2. The molecule has 23 heavy (non-hydrogen) atoms. The van der Waals surface area contributed by atoms with Gasteiger partial charge in [0.1, 0.15) is 16.4 Å². The largest absolute Gasteiger partial charge is 0.497 e. The van der Waals surface area contributed by atoms with E-state index in [4.69, 9.17) is 9.47 Å². The molecule has 2 aromatic rings. The van der Waals surface area contributed by atoms with Crippen LogP contribution in [-0.4, -0.2) is 22.6 Å². The fourth-order valence-corrected chi connectivity index (χ4v) is 3.07. The number of rotatable bonds is 6. The maximum atomic E-state index is 13.1. The summed E-state index contributed by atoms with van der Waals surface area (Å²) in [6, 6.07) is 7.42. The zero-order chi connectivity index (χ0) is 17.0. The predicted octanol–water partition coefficient (Wildman–Crippen LogP) is 2.46. The lowest BCUT2D eigenvalue weighted by Gasteiger charge is -2.12. The Labute approximate surface area is 132 Å². The van der Waals surface area contributed by atoms with Crippen LogP contribution >= 0.6 is 0 Å². The number of sulfonamides is 1. The molecule has 0 aliphatic heterocycles. The van der Waals surface area contributed by atoms with Crippen molar-refractivity contribution >= 4 is 10.0 Å². The number of benzene rings is 2. The second-order valence-corrected chi connectivity index (χ2v) is 6.33. The van der Waals surface area contributed by atoms with Crippen LogP contribution in [0.4, 0.5) is 8.78 Å². The maximum absolute atomic E-state index is 13.1. The summed E-state index contributed by atoms with van der Waals surface area (Å²) in [4.78, 5) is -0.0802. The molecule has 0 saturated heterocycles. The van der Waals surface area contributed by atoms with Crippen LogP contribution in [0.25, 0.3) is 0 Å². The standard InChI is InChI=1S/C15H15F2NO4S/c1-21-11-4-6-15(14(8-11)22-2)23(19,20)18-9-10-3-5-12(16)13(17)7-10/h3-8,18H,9H2,1-2H3. The van der Waals surface area contributed by atoms with Gasteiger partial charge in [-0.15, -0.1) is 0 Å². The summed E-state index contributed by atoms with van der Waals surface area (Å²) in [7, 11) is -1.11. The molecule has 0 unspecified atom stereocenters. The molecule has 2 rings (SSSR count). The fraction of sp³-hybridized carbons (Fsp3) is 0.200. The Morgan fingerprint density at radius 2 is 1.74 bits per heavy atom. The summed E-state index contributed by atoms with van der Waals surface area (Å²) in [5.74, 6) is -1.47. The van der Waals surface area contributed by atoms with Gasteiger partial charge in [-0.3, -0.25) is 0 Å². The normalized spacial score (nSPS) is 11.3. The van der Waals surface area contributed by atoms with E-state index in [1.54, 1.807) is 0 Å². The summed E-state index contributed by atoms with van der Waals surface area (Å²) in [6.45, 7) is -0.186. The SMILES string of the molecule is COc1ccc(S(=O)(=O)NCc2ccc(F)c(F)c2)c(OC)c1. The Morgan fingerprint density at radius 3 is 2.35 bits per heavy atom. The monoisotopic (exact) mass is 343 g/mol. The first kappa shape index (κ1) is 17.2. The minimum Gasteiger partial charge on any atom is -0.497 e. The van der Waals surface area contributed by atoms with Gasteiger partial charge in [0.15, 0.2) is 11.6 Å². The molecular weight excluding hydrogens is 328 g/mol. The lowest BCUT2D eigenvalue weighted by molar-refractivity contribution is 0.386. The summed E-state index contributed by atoms with van der Waals surface area (Å²) < 4.78 is 63.0. The topological polar surface area (TPSA) is 64.6 Å². The molecule has 0 radical (unpaired) electrons. The van der Waals surface area contributed by atoms with E-state index in [1.165, 1.54) is 38.5 Å². The van der Waals surface area contributed by atoms with Gasteiger partial charge in [0.25, 0.3) is 0 Å². The van der Waals surface area contributed by atoms with Gasteiger partial charge >= 0.3 is 0 Å². The molecule has 0 aromatic heterocycles. The Bertz CT molecular complexity index is 809. The van der Waals surface area contributed by atoms with E-state index in [0.29, 0.717) is 11.3 Å². The average molecular weight is 343 g/mol. The lowest BCUT2D eigenvalue weighted by Crippen LogP contribution is -2.23. The van der Waals surface area contributed by atoms with E-state index < -0.39 is 21.7 Å². The first-order valence-electron chi connectivity index (χ1n) is 6.53. The third kappa shape index (κ3) is 3.96. The maximum Gasteiger partial charge on any atom is 0.244 e. The Kier molecular flexibility index (Phi) is 5.17. The summed E-state index contributed by atoms with van der Waals surface area (Å²) in [6.07, 6.45) is 0. The molecule has 1 N–H and O–H groups in total. The van der Waals surface area contributed by atoms with Crippen molar-refractivity contribution < 1.29 is 26.7 Å². The van der Waals surface area contributed by atoms with Gasteiger partial charge < -0.3 is 9.47 Å². The number of halogens is 2. The van der Waals surface area contributed by atoms with E-state index in [9.17, 15) is 17.2 Å². The van der Waals surface area contributed by atoms with Crippen molar-refractivity contribution in [1.82, 2.24) is 4.72 Å². The van der Waals surface area contributed by atoms with Gasteiger partial charge in [-0.25, -0.2) is 21.9 Å². The third-order valence-electron chi connectivity index (χ3n) is 3.11. The van der Waals surface area contributed by atoms with Gasteiger partial charge in [0.05, 0.1) is 14.2 Å². The number of methoxy groups -OCH3 is 2. The summed E-state index contributed by atoms with van der Waals surface area (Å²) in [5, 5.41) is 0. The van der Waals surface area contributed by atoms with Gasteiger partial charge in [-0.1, -0.05) is 6.07 Å².